The molecule has 3 rings (SSSR count). The summed E-state index contributed by atoms with van der Waals surface area (Å²) in [5.41, 5.74) is -7.85. The van der Waals surface area contributed by atoms with Crippen molar-refractivity contribution in [1.82, 2.24) is 16.0 Å². The minimum Gasteiger partial charge on any atom is -0.508 e. The van der Waals surface area contributed by atoms with Crippen LogP contribution >= 0.6 is 35.7 Å². The average molecular weight is 1110 g/mol. The second kappa shape index (κ2) is 27.1. The molecule has 0 unspecified atom stereocenters. The van der Waals surface area contributed by atoms with Crippen LogP contribution < -0.4 is 16.0 Å². The van der Waals surface area contributed by atoms with Gasteiger partial charge in [-0.1, -0.05) is 44.8 Å². The number of thioether (sulfide) groups is 2. The third kappa shape index (κ3) is 15.5. The van der Waals surface area contributed by atoms with Crippen molar-refractivity contribution >= 4 is 99.2 Å². The molecule has 0 radical (unpaired) electrons. The normalized spacial score (nSPS) is 29.5. The summed E-state index contributed by atoms with van der Waals surface area (Å²) in [7, 11) is 1.21. The summed E-state index contributed by atoms with van der Waals surface area (Å²) in [6.07, 6.45) is -17.7. The number of methoxy groups -OCH3 is 1. The number of carboxylic acid groups (broad SMARTS) is 3. The van der Waals surface area contributed by atoms with Crippen molar-refractivity contribution in [2.24, 2.45) is 5.92 Å². The molecule has 2 aliphatic heterocycles. The number of hydrogen-bond acceptors (Lipinski definition) is 24. The molecular formula is C44H64N4O23S3. The number of nitrogens with one attached hydrogen (secondary N) is 4. The molecule has 0 saturated carbocycles. The number of hydrogen-bond donors (Lipinski definition) is 11. The first-order valence-electron chi connectivity index (χ1n) is 22.9. The number of aliphatic hydroxyl groups excluding tert-OH is 2. The third-order valence-electron chi connectivity index (χ3n) is 12.4. The Hall–Kier alpha value is -5.05. The van der Waals surface area contributed by atoms with Crippen LogP contribution in [0.2, 0.25) is 0 Å². The van der Waals surface area contributed by atoms with Gasteiger partial charge in [-0.15, -0.1) is 0 Å². The van der Waals surface area contributed by atoms with Crippen LogP contribution in [-0.2, 0) is 76.3 Å². The van der Waals surface area contributed by atoms with Crippen LogP contribution in [-0.4, -0.2) is 214 Å². The number of aliphatic carboxylic acids is 3. The molecule has 1 aliphatic carbocycles. The topological polar surface area (TPSA) is 420 Å². The van der Waals surface area contributed by atoms with Crippen LogP contribution in [0.15, 0.2) is 11.3 Å². The fourth-order valence-corrected chi connectivity index (χ4v) is 10.3. The molecule has 3 aliphatic rings. The molecular weight excluding hydrogens is 1050 g/mol. The zero-order chi connectivity index (χ0) is 56.3. The zero-order valence-electron chi connectivity index (χ0n) is 41.7. The van der Waals surface area contributed by atoms with Crippen molar-refractivity contribution in [3.63, 3.8) is 0 Å². The Bertz CT molecular complexity index is 2200. The summed E-state index contributed by atoms with van der Waals surface area (Å²) in [5, 5.41) is 91.3. The van der Waals surface area contributed by atoms with Crippen LogP contribution in [0.3, 0.4) is 0 Å². The third-order valence-corrected chi connectivity index (χ3v) is 15.1. The Morgan fingerprint density at radius 2 is 1.49 bits per heavy atom. The average Bonchev–Trinajstić information content (AvgIpc) is 3.30. The maximum Gasteiger partial charge on any atom is 0.341 e. The predicted octanol–water partition coefficient (Wildman–Crippen LogP) is -1.27. The molecule has 30 heteroatoms. The summed E-state index contributed by atoms with van der Waals surface area (Å²) >= 11 is 6.91. The van der Waals surface area contributed by atoms with E-state index in [9.17, 15) is 78.9 Å². The SMILES string of the molecule is CC[C@H](C)C(=O)O[C@@H](C)[C@@]1(O)[C@H](C)O[C@H](O[C@H]2[C@@H](O)[C@H]([C@@]3(O)CC(=O)C(=N)C(C(=O)O)=C3O)O[C@H](COC(C)=O)[C@H]2OC(=O)[C@H](NC(=S)SC[C@H](NC(C)=O)C(=O)O)[C@H](C)SC[C@H](NC(C)=O)C(=O)O)C[C@@H]1OC. The summed E-state index contributed by atoms with van der Waals surface area (Å²) < 4.78 is 40.8. The molecule has 16 atom stereocenters. The monoisotopic (exact) mass is 1110 g/mol. The molecule has 2 heterocycles. The largest absolute Gasteiger partial charge is 0.508 e. The Morgan fingerprint density at radius 3 is 2.00 bits per heavy atom. The molecule has 2 fully saturated rings. The molecule has 416 valence electrons. The standard InChI is InChI=1S/C44H64N4O23S3/c1-10-16(2)40(61)68-19(5)44(64)18(4)67-28(11-27(44)65-9)70-34-32(53)36(43(63)12-25(52)30(45)29(35(43)54)39(59)60)69-26(13-66-22(8)51)33(34)71-41(62)31(17(3)73-14-23(37(55)56)46-20(6)49)48-42(72)74-15-24(38(57)58)47-21(7)50/h16-19,23-24,26-28,31-34,36,45,53-54,63-64H,10-15H2,1-9H3,(H,46,49)(H,47,50)(H,48,72)(H,55,56)(H,57,58)(H,59,60)/t16-,17-,18-,19-,23-,24-,26+,27-,28+,31+,32+,33+,34-,36+,43+,44-/m0/s1. The van der Waals surface area contributed by atoms with Gasteiger partial charge in [0.2, 0.25) is 11.8 Å². The Labute approximate surface area is 437 Å². The first-order valence-corrected chi connectivity index (χ1v) is 25.3. The zero-order valence-corrected chi connectivity index (χ0v) is 44.2. The number of esters is 3. The van der Waals surface area contributed by atoms with Crippen molar-refractivity contribution in [2.45, 2.75) is 164 Å². The molecule has 11 N–H and O–H groups in total. The van der Waals surface area contributed by atoms with E-state index < -0.39 is 186 Å². The van der Waals surface area contributed by atoms with E-state index in [0.717, 1.165) is 32.5 Å². The van der Waals surface area contributed by atoms with E-state index in [1.807, 2.05) is 0 Å². The molecule has 0 aromatic carbocycles. The van der Waals surface area contributed by atoms with Crippen LogP contribution in [0.5, 0.6) is 0 Å². The van der Waals surface area contributed by atoms with E-state index >= 15 is 0 Å². The van der Waals surface area contributed by atoms with Gasteiger partial charge in [0.25, 0.3) is 0 Å². The van der Waals surface area contributed by atoms with Crippen molar-refractivity contribution in [3.05, 3.63) is 11.3 Å². The summed E-state index contributed by atoms with van der Waals surface area (Å²) in [6, 6.07) is -4.65. The molecule has 0 spiro atoms. The Balaban J connectivity index is 2.23. The maximum absolute atomic E-state index is 14.8. The minimum atomic E-state index is -3.19. The number of amides is 2. The Kier molecular flexibility index (Phi) is 23.2. The van der Waals surface area contributed by atoms with Crippen LogP contribution in [0, 0.1) is 11.3 Å². The number of carbonyl (C=O) groups excluding carboxylic acids is 6. The number of carboxylic acids is 3. The number of carbonyl (C=O) groups is 9. The number of aliphatic hydroxyl groups is 4. The van der Waals surface area contributed by atoms with Crippen LogP contribution in [0.4, 0.5) is 0 Å². The lowest BCUT2D eigenvalue weighted by Gasteiger charge is -2.52. The maximum atomic E-state index is 14.8. The van der Waals surface area contributed by atoms with Gasteiger partial charge < -0.3 is 84.9 Å². The van der Waals surface area contributed by atoms with E-state index in [-0.39, 0.29) is 15.8 Å². The second-order valence-corrected chi connectivity index (χ2v) is 20.8. The highest BCUT2D eigenvalue weighted by Gasteiger charge is 2.62. The highest BCUT2D eigenvalue weighted by molar-refractivity contribution is 8.23. The van der Waals surface area contributed by atoms with E-state index in [2.05, 4.69) is 16.0 Å². The number of ether oxygens (including phenoxy) is 7. The number of Topliss-reactive ketones (excluding diaryl/α,β-unsaturated/α-hetero) is 1. The van der Waals surface area contributed by atoms with Gasteiger partial charge >= 0.3 is 35.8 Å². The molecule has 27 nitrogen and oxygen atoms in total. The van der Waals surface area contributed by atoms with E-state index in [1.54, 1.807) is 13.8 Å². The minimum absolute atomic E-state index is 0.269. The van der Waals surface area contributed by atoms with Crippen molar-refractivity contribution in [3.8, 4) is 0 Å². The summed E-state index contributed by atoms with van der Waals surface area (Å²) in [4.78, 5) is 113. The number of rotatable bonds is 24. The van der Waals surface area contributed by atoms with Gasteiger partial charge in [-0.2, -0.15) is 11.8 Å². The molecule has 2 saturated heterocycles. The molecule has 0 bridgehead atoms. The fourth-order valence-electron chi connectivity index (χ4n) is 8.09. The van der Waals surface area contributed by atoms with Gasteiger partial charge in [-0.05, 0) is 20.3 Å². The highest BCUT2D eigenvalue weighted by Crippen LogP contribution is 2.43. The number of ketones is 1. The molecule has 0 aromatic heterocycles. The van der Waals surface area contributed by atoms with Crippen molar-refractivity contribution in [2.75, 3.05) is 25.2 Å². The van der Waals surface area contributed by atoms with E-state index in [4.69, 9.17) is 50.8 Å². The van der Waals surface area contributed by atoms with Gasteiger partial charge in [0.05, 0.1) is 24.5 Å². The first kappa shape index (κ1) is 63.2. The lowest BCUT2D eigenvalue weighted by Crippen LogP contribution is -2.70. The molecule has 74 heavy (non-hydrogen) atoms. The predicted molar refractivity (Wildman–Crippen MR) is 260 cm³/mol. The van der Waals surface area contributed by atoms with Crippen molar-refractivity contribution < 1.29 is 112 Å². The highest BCUT2D eigenvalue weighted by atomic mass is 32.2. The van der Waals surface area contributed by atoms with E-state index in [1.165, 1.54) is 27.9 Å². The lowest BCUT2D eigenvalue weighted by atomic mass is 9.74. The van der Waals surface area contributed by atoms with Crippen LogP contribution in [0.25, 0.3) is 0 Å². The molecule has 0 aromatic rings. The quantitative estimate of drug-likeness (QED) is 0.0305. The van der Waals surface area contributed by atoms with Gasteiger partial charge in [-0.25, -0.2) is 19.2 Å². The summed E-state index contributed by atoms with van der Waals surface area (Å²) in [6.45, 7) is 9.72. The fraction of sp³-hybridized carbons (Fsp3) is 0.705. The molecule has 2 amide bonds. The second-order valence-electron chi connectivity index (χ2n) is 17.7. The van der Waals surface area contributed by atoms with Crippen molar-refractivity contribution in [1.29, 1.82) is 5.41 Å². The first-order chi connectivity index (χ1) is 34.3. The van der Waals surface area contributed by atoms with Gasteiger partial charge in [0.1, 0.15) is 76.6 Å². The van der Waals surface area contributed by atoms with Gasteiger partial charge in [-0.3, -0.25) is 29.4 Å². The Morgan fingerprint density at radius 1 is 0.905 bits per heavy atom. The summed E-state index contributed by atoms with van der Waals surface area (Å²) in [5.74, 6) is -13.4. The van der Waals surface area contributed by atoms with E-state index in [0.29, 0.717) is 18.2 Å². The van der Waals surface area contributed by atoms with Gasteiger partial charge in [0.15, 0.2) is 29.4 Å². The van der Waals surface area contributed by atoms with Crippen LogP contribution in [0.1, 0.15) is 74.7 Å². The number of thiocarbonyl (C=S) groups is 1. The lowest BCUT2D eigenvalue weighted by molar-refractivity contribution is -0.345. The van der Waals surface area contributed by atoms with Gasteiger partial charge in [0, 0.05) is 51.1 Å². The smallest absolute Gasteiger partial charge is 0.341 e.